The second-order valence-corrected chi connectivity index (χ2v) is 10.2. The van der Waals surface area contributed by atoms with Crippen LogP contribution in [0.25, 0.3) is 16.8 Å². The molecule has 1 aliphatic rings. The van der Waals surface area contributed by atoms with Gasteiger partial charge in [-0.2, -0.15) is 0 Å². The van der Waals surface area contributed by atoms with Crippen LogP contribution in [-0.2, 0) is 14.4 Å². The van der Waals surface area contributed by atoms with Gasteiger partial charge in [0.25, 0.3) is 17.5 Å². The summed E-state index contributed by atoms with van der Waals surface area (Å²) < 4.78 is 0. The Balaban J connectivity index is 1.33. The first-order chi connectivity index (χ1) is 19.7. The number of aryl methyl sites for hydroxylation is 1. The van der Waals surface area contributed by atoms with Gasteiger partial charge in [-0.05, 0) is 59.7 Å². The van der Waals surface area contributed by atoms with Crippen molar-refractivity contribution in [3.05, 3.63) is 112 Å². The number of carbonyl (C=O) groups excluding carboxylic acids is 4. The number of hydrogen-bond acceptors (Lipinski definition) is 7. The number of barbiturate groups is 1. The number of anilines is 2. The number of thioether (sulfide) groups is 1. The van der Waals surface area contributed by atoms with Gasteiger partial charge in [0.05, 0.1) is 21.3 Å². The number of nitrogens with one attached hydrogen (secondary N) is 2. The Morgan fingerprint density at radius 3 is 2.44 bits per heavy atom. The van der Waals surface area contributed by atoms with Gasteiger partial charge < -0.3 is 5.32 Å². The zero-order valence-corrected chi connectivity index (χ0v) is 22.4. The standard InChI is InChI=1S/C30H22N4O6S/c1-18-6-11-23(12-7-18)33-29(37)24(28(36)32-30(33)38)14-19-8-13-26(25(15-19)34(39)40)41-17-27(35)31-22-10-9-20-4-2-3-5-21(20)16-22/h2-16H,17H2,1H3,(H,31,35)(H,32,36,38)/b24-14+. The molecular weight excluding hydrogens is 544 g/mol. The van der Waals surface area contributed by atoms with E-state index < -0.39 is 22.8 Å². The van der Waals surface area contributed by atoms with Crippen LogP contribution in [0.2, 0.25) is 0 Å². The maximum Gasteiger partial charge on any atom is 0.335 e. The summed E-state index contributed by atoms with van der Waals surface area (Å²) in [5.41, 5.74) is 1.36. The van der Waals surface area contributed by atoms with Crippen LogP contribution in [0.3, 0.4) is 0 Å². The Morgan fingerprint density at radius 2 is 1.71 bits per heavy atom. The molecule has 11 heteroatoms. The Labute approximate surface area is 238 Å². The molecule has 1 saturated heterocycles. The van der Waals surface area contributed by atoms with Crippen molar-refractivity contribution in [3.8, 4) is 0 Å². The lowest BCUT2D eigenvalue weighted by Crippen LogP contribution is -2.54. The third kappa shape index (κ3) is 5.99. The van der Waals surface area contributed by atoms with E-state index in [9.17, 15) is 29.3 Å². The zero-order valence-electron chi connectivity index (χ0n) is 21.6. The first kappa shape index (κ1) is 27.3. The first-order valence-corrected chi connectivity index (χ1v) is 13.4. The average molecular weight is 567 g/mol. The highest BCUT2D eigenvalue weighted by atomic mass is 32.2. The Morgan fingerprint density at radius 1 is 0.976 bits per heavy atom. The van der Waals surface area contributed by atoms with Gasteiger partial charge in [0.1, 0.15) is 5.57 Å². The van der Waals surface area contributed by atoms with E-state index in [1.165, 1.54) is 24.3 Å². The number of nitrogens with zero attached hydrogens (tertiary/aromatic N) is 2. The van der Waals surface area contributed by atoms with Crippen LogP contribution in [0.15, 0.2) is 95.4 Å². The van der Waals surface area contributed by atoms with E-state index in [-0.39, 0.29) is 39.1 Å². The molecule has 0 aliphatic carbocycles. The first-order valence-electron chi connectivity index (χ1n) is 12.4. The van der Waals surface area contributed by atoms with Crippen LogP contribution in [-0.4, -0.2) is 34.4 Å². The normalized spacial score (nSPS) is 14.3. The summed E-state index contributed by atoms with van der Waals surface area (Å²) >= 11 is 0.988. The minimum atomic E-state index is -0.908. The largest absolute Gasteiger partial charge is 0.335 e. The number of fused-ring (bicyclic) bond motifs is 1. The topological polar surface area (TPSA) is 139 Å². The van der Waals surface area contributed by atoms with Gasteiger partial charge in [0, 0.05) is 11.8 Å². The van der Waals surface area contributed by atoms with Crippen molar-refractivity contribution in [3.63, 3.8) is 0 Å². The second kappa shape index (κ2) is 11.4. The molecule has 2 N–H and O–H groups in total. The van der Waals surface area contributed by atoms with Gasteiger partial charge in [0.15, 0.2) is 0 Å². The number of amides is 5. The molecule has 1 fully saturated rings. The monoisotopic (exact) mass is 566 g/mol. The van der Waals surface area contributed by atoms with Crippen molar-refractivity contribution in [2.75, 3.05) is 16.0 Å². The molecule has 1 aliphatic heterocycles. The summed E-state index contributed by atoms with van der Waals surface area (Å²) in [4.78, 5) is 62.9. The second-order valence-electron chi connectivity index (χ2n) is 9.18. The number of benzene rings is 4. The van der Waals surface area contributed by atoms with Crippen LogP contribution in [0.4, 0.5) is 21.9 Å². The Bertz CT molecular complexity index is 1770. The fourth-order valence-corrected chi connectivity index (χ4v) is 5.05. The smallest absolute Gasteiger partial charge is 0.325 e. The average Bonchev–Trinajstić information content (AvgIpc) is 2.95. The molecule has 1 heterocycles. The van der Waals surface area contributed by atoms with Crippen LogP contribution >= 0.6 is 11.8 Å². The molecule has 0 bridgehead atoms. The molecule has 4 aromatic rings. The number of rotatable bonds is 7. The van der Waals surface area contributed by atoms with Gasteiger partial charge in [-0.25, -0.2) is 9.69 Å². The van der Waals surface area contributed by atoms with Crippen LogP contribution < -0.4 is 15.5 Å². The lowest BCUT2D eigenvalue weighted by atomic mass is 10.1. The maximum atomic E-state index is 13.1. The van der Waals surface area contributed by atoms with Crippen molar-refractivity contribution in [1.29, 1.82) is 0 Å². The maximum absolute atomic E-state index is 13.1. The molecule has 0 aromatic heterocycles. The molecule has 0 spiro atoms. The molecule has 4 aromatic carbocycles. The van der Waals surface area contributed by atoms with Gasteiger partial charge in [-0.3, -0.25) is 29.8 Å². The summed E-state index contributed by atoms with van der Waals surface area (Å²) in [5.74, 6) is -2.18. The van der Waals surface area contributed by atoms with E-state index in [4.69, 9.17) is 0 Å². The number of urea groups is 1. The van der Waals surface area contributed by atoms with E-state index in [2.05, 4.69) is 10.6 Å². The Hall–Kier alpha value is -5.29. The van der Waals surface area contributed by atoms with E-state index in [0.29, 0.717) is 5.69 Å². The SMILES string of the molecule is Cc1ccc(N2C(=O)NC(=O)/C(=C\c3ccc(SCC(=O)Nc4ccc5ccccc5c4)c([N+](=O)[O-])c3)C2=O)cc1. The highest BCUT2D eigenvalue weighted by Gasteiger charge is 2.36. The van der Waals surface area contributed by atoms with Crippen molar-refractivity contribution < 1.29 is 24.1 Å². The van der Waals surface area contributed by atoms with Crippen molar-refractivity contribution in [2.45, 2.75) is 11.8 Å². The van der Waals surface area contributed by atoms with Crippen molar-refractivity contribution in [2.24, 2.45) is 0 Å². The van der Waals surface area contributed by atoms with Gasteiger partial charge >= 0.3 is 6.03 Å². The van der Waals surface area contributed by atoms with Crippen LogP contribution in [0.1, 0.15) is 11.1 Å². The number of carbonyl (C=O) groups is 4. The summed E-state index contributed by atoms with van der Waals surface area (Å²) in [7, 11) is 0. The minimum absolute atomic E-state index is 0.0807. The molecule has 0 saturated carbocycles. The third-order valence-corrected chi connectivity index (χ3v) is 7.34. The van der Waals surface area contributed by atoms with Crippen molar-refractivity contribution >= 4 is 69.4 Å². The number of nitro groups is 1. The molecule has 41 heavy (non-hydrogen) atoms. The molecular formula is C30H22N4O6S. The lowest BCUT2D eigenvalue weighted by molar-refractivity contribution is -0.387. The molecule has 0 unspecified atom stereocenters. The highest BCUT2D eigenvalue weighted by molar-refractivity contribution is 8.00. The summed E-state index contributed by atoms with van der Waals surface area (Å²) in [5, 5.41) is 18.8. The number of imide groups is 2. The molecule has 5 rings (SSSR count). The molecule has 0 radical (unpaired) electrons. The van der Waals surface area contributed by atoms with Crippen molar-refractivity contribution in [1.82, 2.24) is 5.32 Å². The lowest BCUT2D eigenvalue weighted by Gasteiger charge is -2.26. The fraction of sp³-hybridized carbons (Fsp3) is 0.0667. The summed E-state index contributed by atoms with van der Waals surface area (Å²) in [6.07, 6.45) is 1.19. The quantitative estimate of drug-likeness (QED) is 0.0997. The van der Waals surface area contributed by atoms with Crippen LogP contribution in [0.5, 0.6) is 0 Å². The fourth-order valence-electron chi connectivity index (χ4n) is 4.25. The molecule has 0 atom stereocenters. The highest BCUT2D eigenvalue weighted by Crippen LogP contribution is 2.32. The molecule has 10 nitrogen and oxygen atoms in total. The number of hydrogen-bond donors (Lipinski definition) is 2. The molecule has 204 valence electrons. The van der Waals surface area contributed by atoms with Gasteiger partial charge in [0.2, 0.25) is 5.91 Å². The molecule has 5 amide bonds. The third-order valence-electron chi connectivity index (χ3n) is 6.28. The predicted molar refractivity (Wildman–Crippen MR) is 157 cm³/mol. The van der Waals surface area contributed by atoms with E-state index in [1.807, 2.05) is 43.3 Å². The van der Waals surface area contributed by atoms with E-state index >= 15 is 0 Å². The van der Waals surface area contributed by atoms with Crippen LogP contribution in [0, 0.1) is 17.0 Å². The van der Waals surface area contributed by atoms with E-state index in [1.54, 1.807) is 30.3 Å². The summed E-state index contributed by atoms with van der Waals surface area (Å²) in [6, 6.07) is 23.1. The number of nitro benzene ring substituents is 1. The van der Waals surface area contributed by atoms with E-state index in [0.717, 1.165) is 33.0 Å². The zero-order chi connectivity index (χ0) is 29.1. The van der Waals surface area contributed by atoms with Gasteiger partial charge in [-0.15, -0.1) is 11.8 Å². The Kier molecular flexibility index (Phi) is 7.61. The minimum Gasteiger partial charge on any atom is -0.325 e. The summed E-state index contributed by atoms with van der Waals surface area (Å²) in [6.45, 7) is 1.85. The predicted octanol–water partition coefficient (Wildman–Crippen LogP) is 5.45. The van der Waals surface area contributed by atoms with Gasteiger partial charge in [-0.1, -0.05) is 54.1 Å².